The Morgan fingerprint density at radius 1 is 1.14 bits per heavy atom. The molecule has 1 fully saturated rings. The maximum absolute atomic E-state index is 12.0. The molecular weight excluding hydrogens is 278 g/mol. The van der Waals surface area contributed by atoms with E-state index in [0.717, 1.165) is 36.5 Å². The molecule has 0 radical (unpaired) electrons. The van der Waals surface area contributed by atoms with Crippen molar-refractivity contribution < 1.29 is 14.6 Å². The molecule has 0 heterocycles. The molecule has 0 aromatic heterocycles. The third-order valence-electron chi connectivity index (χ3n) is 4.18. The normalized spacial score (nSPS) is 21.5. The number of fused-ring (bicyclic) bond motifs is 1. The van der Waals surface area contributed by atoms with E-state index in [4.69, 9.17) is 4.74 Å². The SMILES string of the molecule is O=C(COc1cccc2ccccc12)N[C@@H]1CCCC[C@H]1O. The molecule has 4 heteroatoms. The Kier molecular flexibility index (Phi) is 4.59. The smallest absolute Gasteiger partial charge is 0.258 e. The van der Waals surface area contributed by atoms with Gasteiger partial charge in [0.05, 0.1) is 12.1 Å². The van der Waals surface area contributed by atoms with Crippen LogP contribution in [0.5, 0.6) is 5.75 Å². The molecule has 0 aliphatic heterocycles. The molecule has 2 aromatic carbocycles. The minimum atomic E-state index is -0.435. The van der Waals surface area contributed by atoms with E-state index < -0.39 is 6.10 Å². The summed E-state index contributed by atoms with van der Waals surface area (Å²) in [4.78, 5) is 12.0. The van der Waals surface area contributed by atoms with Gasteiger partial charge in [0.15, 0.2) is 6.61 Å². The molecule has 116 valence electrons. The summed E-state index contributed by atoms with van der Waals surface area (Å²) in [6.45, 7) is -0.0305. The molecule has 0 bridgehead atoms. The molecule has 1 saturated carbocycles. The van der Waals surface area contributed by atoms with Crippen LogP contribution in [0.15, 0.2) is 42.5 Å². The monoisotopic (exact) mass is 299 g/mol. The topological polar surface area (TPSA) is 58.6 Å². The summed E-state index contributed by atoms with van der Waals surface area (Å²) in [5, 5.41) is 14.8. The number of aliphatic hydroxyl groups is 1. The van der Waals surface area contributed by atoms with Crippen LogP contribution in [0.1, 0.15) is 25.7 Å². The number of nitrogens with one attached hydrogen (secondary N) is 1. The lowest BCUT2D eigenvalue weighted by atomic mass is 9.92. The molecule has 4 nitrogen and oxygen atoms in total. The second-order valence-corrected chi connectivity index (χ2v) is 5.79. The van der Waals surface area contributed by atoms with Gasteiger partial charge in [0.25, 0.3) is 5.91 Å². The molecule has 22 heavy (non-hydrogen) atoms. The van der Waals surface area contributed by atoms with Crippen molar-refractivity contribution in [3.8, 4) is 5.75 Å². The van der Waals surface area contributed by atoms with Gasteiger partial charge in [-0.1, -0.05) is 49.2 Å². The lowest BCUT2D eigenvalue weighted by molar-refractivity contribution is -0.125. The van der Waals surface area contributed by atoms with Crippen LogP contribution in [0, 0.1) is 0 Å². The fraction of sp³-hybridized carbons (Fsp3) is 0.389. The van der Waals surface area contributed by atoms with Crippen LogP contribution in [0.25, 0.3) is 10.8 Å². The fourth-order valence-corrected chi connectivity index (χ4v) is 2.99. The third kappa shape index (κ3) is 3.39. The van der Waals surface area contributed by atoms with E-state index >= 15 is 0 Å². The van der Waals surface area contributed by atoms with E-state index in [1.807, 2.05) is 42.5 Å². The van der Waals surface area contributed by atoms with E-state index in [1.54, 1.807) is 0 Å². The van der Waals surface area contributed by atoms with Crippen molar-refractivity contribution >= 4 is 16.7 Å². The lowest BCUT2D eigenvalue weighted by Crippen LogP contribution is -2.46. The molecule has 1 aliphatic carbocycles. The maximum Gasteiger partial charge on any atom is 0.258 e. The van der Waals surface area contributed by atoms with Crippen molar-refractivity contribution in [2.45, 2.75) is 37.8 Å². The van der Waals surface area contributed by atoms with Crippen LogP contribution in [0.3, 0.4) is 0 Å². The van der Waals surface area contributed by atoms with Crippen LogP contribution >= 0.6 is 0 Å². The summed E-state index contributed by atoms with van der Waals surface area (Å²) >= 11 is 0. The first kappa shape index (κ1) is 14.9. The van der Waals surface area contributed by atoms with Crippen molar-refractivity contribution in [2.24, 2.45) is 0 Å². The minimum absolute atomic E-state index is 0.0305. The highest BCUT2D eigenvalue weighted by atomic mass is 16.5. The maximum atomic E-state index is 12.0. The van der Waals surface area contributed by atoms with Crippen LogP contribution < -0.4 is 10.1 Å². The van der Waals surface area contributed by atoms with Gasteiger partial charge < -0.3 is 15.2 Å². The van der Waals surface area contributed by atoms with Crippen LogP contribution in [-0.4, -0.2) is 29.8 Å². The van der Waals surface area contributed by atoms with E-state index in [0.29, 0.717) is 5.75 Å². The standard InChI is InChI=1S/C18H21NO3/c20-16-10-4-3-9-15(16)19-18(21)12-22-17-11-5-7-13-6-1-2-8-14(13)17/h1-2,5-8,11,15-16,20H,3-4,9-10,12H2,(H,19,21)/t15-,16-/m1/s1. The zero-order valence-electron chi connectivity index (χ0n) is 12.5. The molecule has 0 spiro atoms. The number of carbonyl (C=O) groups excluding carboxylic acids is 1. The molecular formula is C18H21NO3. The highest BCUT2D eigenvalue weighted by Gasteiger charge is 2.24. The van der Waals surface area contributed by atoms with Crippen molar-refractivity contribution in [3.05, 3.63) is 42.5 Å². The highest BCUT2D eigenvalue weighted by Crippen LogP contribution is 2.25. The average molecular weight is 299 g/mol. The molecule has 2 atom stereocenters. The molecule has 1 aliphatic rings. The molecule has 3 rings (SSSR count). The van der Waals surface area contributed by atoms with E-state index in [1.165, 1.54) is 0 Å². The van der Waals surface area contributed by atoms with Gasteiger partial charge in [-0.05, 0) is 24.3 Å². The fourth-order valence-electron chi connectivity index (χ4n) is 2.99. The van der Waals surface area contributed by atoms with Crippen LogP contribution in [-0.2, 0) is 4.79 Å². The van der Waals surface area contributed by atoms with E-state index in [-0.39, 0.29) is 18.6 Å². The Hall–Kier alpha value is -2.07. The number of amides is 1. The Labute approximate surface area is 130 Å². The first-order valence-electron chi connectivity index (χ1n) is 7.82. The van der Waals surface area contributed by atoms with Gasteiger partial charge in [-0.2, -0.15) is 0 Å². The Morgan fingerprint density at radius 2 is 1.91 bits per heavy atom. The summed E-state index contributed by atoms with van der Waals surface area (Å²) in [6.07, 6.45) is 3.23. The Balaban J connectivity index is 1.60. The number of rotatable bonds is 4. The quantitative estimate of drug-likeness (QED) is 0.912. The lowest BCUT2D eigenvalue weighted by Gasteiger charge is -2.28. The van der Waals surface area contributed by atoms with Gasteiger partial charge >= 0.3 is 0 Å². The second-order valence-electron chi connectivity index (χ2n) is 5.79. The number of hydrogen-bond acceptors (Lipinski definition) is 3. The van der Waals surface area contributed by atoms with Crippen LogP contribution in [0.2, 0.25) is 0 Å². The largest absolute Gasteiger partial charge is 0.483 e. The Bertz CT molecular complexity index is 650. The summed E-state index contributed by atoms with van der Waals surface area (Å²) in [5.41, 5.74) is 0. The van der Waals surface area contributed by atoms with Crippen molar-refractivity contribution in [3.63, 3.8) is 0 Å². The number of carbonyl (C=O) groups is 1. The predicted octanol–water partition coefficient (Wildman–Crippen LogP) is 2.64. The van der Waals surface area contributed by atoms with Crippen molar-refractivity contribution in [2.75, 3.05) is 6.61 Å². The van der Waals surface area contributed by atoms with Gasteiger partial charge in [0.1, 0.15) is 5.75 Å². The number of aliphatic hydroxyl groups excluding tert-OH is 1. The zero-order chi connectivity index (χ0) is 15.4. The zero-order valence-corrected chi connectivity index (χ0v) is 12.5. The molecule has 2 aromatic rings. The molecule has 0 saturated heterocycles. The van der Waals surface area contributed by atoms with E-state index in [2.05, 4.69) is 5.32 Å². The summed E-state index contributed by atoms with van der Waals surface area (Å²) in [7, 11) is 0. The third-order valence-corrected chi connectivity index (χ3v) is 4.18. The van der Waals surface area contributed by atoms with Crippen molar-refractivity contribution in [1.29, 1.82) is 0 Å². The summed E-state index contributed by atoms with van der Waals surface area (Å²) < 4.78 is 5.66. The van der Waals surface area contributed by atoms with Gasteiger partial charge in [-0.15, -0.1) is 0 Å². The first-order valence-corrected chi connectivity index (χ1v) is 7.82. The van der Waals surface area contributed by atoms with Gasteiger partial charge in [0.2, 0.25) is 0 Å². The molecule has 2 N–H and O–H groups in total. The van der Waals surface area contributed by atoms with E-state index in [9.17, 15) is 9.90 Å². The van der Waals surface area contributed by atoms with Crippen LogP contribution in [0.4, 0.5) is 0 Å². The highest BCUT2D eigenvalue weighted by molar-refractivity contribution is 5.88. The minimum Gasteiger partial charge on any atom is -0.483 e. The Morgan fingerprint density at radius 3 is 2.77 bits per heavy atom. The summed E-state index contributed by atoms with van der Waals surface area (Å²) in [6, 6.07) is 13.6. The first-order chi connectivity index (χ1) is 10.7. The second kappa shape index (κ2) is 6.79. The molecule has 0 unspecified atom stereocenters. The predicted molar refractivity (Wildman–Crippen MR) is 85.8 cm³/mol. The van der Waals surface area contributed by atoms with Gasteiger partial charge in [-0.25, -0.2) is 0 Å². The average Bonchev–Trinajstić information content (AvgIpc) is 2.55. The molecule has 1 amide bonds. The number of benzene rings is 2. The van der Waals surface area contributed by atoms with Gasteiger partial charge in [-0.3, -0.25) is 4.79 Å². The summed E-state index contributed by atoms with van der Waals surface area (Å²) in [5.74, 6) is 0.524. The van der Waals surface area contributed by atoms with Gasteiger partial charge in [0, 0.05) is 5.39 Å². The van der Waals surface area contributed by atoms with Crippen molar-refractivity contribution in [1.82, 2.24) is 5.32 Å². The number of ether oxygens (including phenoxy) is 1. The number of hydrogen-bond donors (Lipinski definition) is 2.